The van der Waals surface area contributed by atoms with Crippen molar-refractivity contribution in [1.29, 1.82) is 0 Å². The molecular formula is C22H15BrN4OS. The van der Waals surface area contributed by atoms with Crippen LogP contribution in [0.25, 0.3) is 5.70 Å². The summed E-state index contributed by atoms with van der Waals surface area (Å²) in [5, 5.41) is 10.2. The zero-order valence-corrected chi connectivity index (χ0v) is 17.5. The predicted octanol–water partition coefficient (Wildman–Crippen LogP) is 5.66. The second-order valence-corrected chi connectivity index (χ2v) is 8.85. The fourth-order valence-corrected chi connectivity index (χ4v) is 5.33. The zero-order chi connectivity index (χ0) is 19.4. The molecule has 2 aromatic carbocycles. The second kappa shape index (κ2) is 6.57. The Hall–Kier alpha value is -2.90. The maximum absolute atomic E-state index is 6.59. The van der Waals surface area contributed by atoms with Crippen molar-refractivity contribution in [3.63, 3.8) is 0 Å². The van der Waals surface area contributed by atoms with Crippen LogP contribution >= 0.6 is 27.3 Å². The Bertz CT molecular complexity index is 1250. The number of rotatable bonds is 2. The Labute approximate surface area is 179 Å². The van der Waals surface area contributed by atoms with Crippen LogP contribution in [0.3, 0.4) is 0 Å². The van der Waals surface area contributed by atoms with Gasteiger partial charge in [0.05, 0.1) is 5.70 Å². The third-order valence-corrected chi connectivity index (χ3v) is 6.70. The van der Waals surface area contributed by atoms with Crippen LogP contribution in [0.15, 0.2) is 82.4 Å². The van der Waals surface area contributed by atoms with Crippen LogP contribution in [0, 0.1) is 0 Å². The first-order valence-corrected chi connectivity index (χ1v) is 10.9. The fraction of sp³-hybridized carbons (Fsp3) is 0.0909. The molecule has 0 unspecified atom stereocenters. The highest BCUT2D eigenvalue weighted by Gasteiger charge is 2.41. The van der Waals surface area contributed by atoms with E-state index in [0.717, 1.165) is 38.6 Å². The summed E-state index contributed by atoms with van der Waals surface area (Å²) in [6.07, 6.45) is 1.36. The molecule has 2 aliphatic heterocycles. The van der Waals surface area contributed by atoms with Crippen LogP contribution in [0.5, 0.6) is 5.75 Å². The van der Waals surface area contributed by atoms with E-state index in [0.29, 0.717) is 0 Å². The van der Waals surface area contributed by atoms with E-state index in [1.165, 1.54) is 4.88 Å². The number of ether oxygens (including phenoxy) is 1. The Morgan fingerprint density at radius 3 is 2.86 bits per heavy atom. The molecule has 0 radical (unpaired) electrons. The van der Waals surface area contributed by atoms with E-state index in [-0.39, 0.29) is 12.1 Å². The van der Waals surface area contributed by atoms with Crippen molar-refractivity contribution in [2.75, 3.05) is 5.32 Å². The summed E-state index contributed by atoms with van der Waals surface area (Å²) >= 11 is 5.33. The quantitative estimate of drug-likeness (QED) is 0.417. The average Bonchev–Trinajstić information content (AvgIpc) is 3.43. The van der Waals surface area contributed by atoms with Crippen molar-refractivity contribution in [1.82, 2.24) is 14.8 Å². The molecular weight excluding hydrogens is 448 g/mol. The van der Waals surface area contributed by atoms with Gasteiger partial charge < -0.3 is 10.1 Å². The molecule has 6 rings (SSSR count). The van der Waals surface area contributed by atoms with Gasteiger partial charge in [-0.2, -0.15) is 10.1 Å². The van der Waals surface area contributed by atoms with Gasteiger partial charge in [-0.1, -0.05) is 46.3 Å². The summed E-state index contributed by atoms with van der Waals surface area (Å²) in [6.45, 7) is 0. The van der Waals surface area contributed by atoms with Crippen LogP contribution < -0.4 is 10.1 Å². The van der Waals surface area contributed by atoms with E-state index < -0.39 is 0 Å². The van der Waals surface area contributed by atoms with Crippen molar-refractivity contribution in [3.8, 4) is 5.75 Å². The Balaban J connectivity index is 1.64. The molecule has 0 saturated heterocycles. The Morgan fingerprint density at radius 2 is 2.00 bits per heavy atom. The molecule has 0 amide bonds. The molecule has 2 atom stereocenters. The minimum Gasteiger partial charge on any atom is -0.480 e. The first-order chi connectivity index (χ1) is 14.3. The molecule has 29 heavy (non-hydrogen) atoms. The summed E-state index contributed by atoms with van der Waals surface area (Å²) in [7, 11) is 0. The lowest BCUT2D eigenvalue weighted by molar-refractivity contribution is 0.223. The van der Waals surface area contributed by atoms with Crippen molar-refractivity contribution < 1.29 is 4.74 Å². The molecule has 4 heterocycles. The minimum absolute atomic E-state index is 0.0823. The Morgan fingerprint density at radius 1 is 1.07 bits per heavy atom. The van der Waals surface area contributed by atoms with Gasteiger partial charge >= 0.3 is 0 Å². The summed E-state index contributed by atoms with van der Waals surface area (Å²) in [4.78, 5) is 5.66. The number of hydrogen-bond acceptors (Lipinski definition) is 5. The topological polar surface area (TPSA) is 52.0 Å². The van der Waals surface area contributed by atoms with E-state index in [1.54, 1.807) is 17.7 Å². The number of halogens is 1. The van der Waals surface area contributed by atoms with Gasteiger partial charge in [0.15, 0.2) is 0 Å². The number of benzene rings is 2. The maximum Gasteiger partial charge on any atom is 0.226 e. The third-order valence-electron chi connectivity index (χ3n) is 5.29. The van der Waals surface area contributed by atoms with Gasteiger partial charge in [0.25, 0.3) is 0 Å². The SMILES string of the molecule is Brc1cccc([C@H]2Oc3ccccc3C3=C2[C@@H](c2cccs2)n2ncnc2N3)c1. The molecule has 0 spiro atoms. The number of fused-ring (bicyclic) bond motifs is 3. The fourth-order valence-electron chi connectivity index (χ4n) is 4.08. The van der Waals surface area contributed by atoms with Gasteiger partial charge in [0.2, 0.25) is 5.95 Å². The largest absolute Gasteiger partial charge is 0.480 e. The van der Waals surface area contributed by atoms with Crippen LogP contribution in [0.4, 0.5) is 5.95 Å². The van der Waals surface area contributed by atoms with Gasteiger partial charge in [-0.05, 0) is 41.3 Å². The highest BCUT2D eigenvalue weighted by atomic mass is 79.9. The van der Waals surface area contributed by atoms with Crippen LogP contribution in [-0.2, 0) is 0 Å². The first kappa shape index (κ1) is 17.0. The molecule has 5 nitrogen and oxygen atoms in total. The molecule has 1 N–H and O–H groups in total. The summed E-state index contributed by atoms with van der Waals surface area (Å²) in [5.74, 6) is 1.61. The van der Waals surface area contributed by atoms with Crippen molar-refractivity contribution >= 4 is 38.9 Å². The zero-order valence-electron chi connectivity index (χ0n) is 15.1. The van der Waals surface area contributed by atoms with Crippen LogP contribution in [0.2, 0.25) is 0 Å². The highest BCUT2D eigenvalue weighted by Crippen LogP contribution is 2.51. The van der Waals surface area contributed by atoms with Gasteiger partial charge in [-0.25, -0.2) is 4.68 Å². The molecule has 0 aliphatic carbocycles. The van der Waals surface area contributed by atoms with Gasteiger partial charge in [-0.15, -0.1) is 11.3 Å². The van der Waals surface area contributed by atoms with E-state index >= 15 is 0 Å². The minimum atomic E-state index is -0.241. The van der Waals surface area contributed by atoms with Gasteiger partial charge in [-0.3, -0.25) is 0 Å². The Kier molecular flexibility index (Phi) is 3.85. The number of anilines is 1. The smallest absolute Gasteiger partial charge is 0.226 e. The van der Waals surface area contributed by atoms with E-state index in [1.807, 2.05) is 35.0 Å². The number of hydrogen-bond donors (Lipinski definition) is 1. The van der Waals surface area contributed by atoms with Gasteiger partial charge in [0, 0.05) is 20.5 Å². The lowest BCUT2D eigenvalue weighted by atomic mass is 9.87. The summed E-state index contributed by atoms with van der Waals surface area (Å²) < 4.78 is 9.56. The second-order valence-electron chi connectivity index (χ2n) is 6.95. The molecule has 0 saturated carbocycles. The van der Waals surface area contributed by atoms with Gasteiger partial charge in [0.1, 0.15) is 24.2 Å². The number of para-hydroxylation sites is 1. The van der Waals surface area contributed by atoms with Crippen molar-refractivity contribution in [2.45, 2.75) is 12.1 Å². The number of nitrogens with one attached hydrogen (secondary N) is 1. The van der Waals surface area contributed by atoms with Crippen LogP contribution in [-0.4, -0.2) is 14.8 Å². The number of nitrogens with zero attached hydrogens (tertiary/aromatic N) is 3. The number of thiophene rings is 1. The van der Waals surface area contributed by atoms with E-state index in [4.69, 9.17) is 4.74 Å². The van der Waals surface area contributed by atoms with Crippen molar-refractivity contribution in [2.24, 2.45) is 0 Å². The maximum atomic E-state index is 6.59. The first-order valence-electron chi connectivity index (χ1n) is 9.25. The molecule has 2 aromatic heterocycles. The lowest BCUT2D eigenvalue weighted by Crippen LogP contribution is -2.32. The molecule has 0 bridgehead atoms. The monoisotopic (exact) mass is 462 g/mol. The normalized spacial score (nSPS) is 19.6. The molecule has 142 valence electrons. The molecule has 2 aliphatic rings. The molecule has 7 heteroatoms. The molecule has 4 aromatic rings. The highest BCUT2D eigenvalue weighted by molar-refractivity contribution is 9.10. The van der Waals surface area contributed by atoms with E-state index in [9.17, 15) is 0 Å². The van der Waals surface area contributed by atoms with Crippen LogP contribution in [0.1, 0.15) is 28.1 Å². The average molecular weight is 463 g/mol. The van der Waals surface area contributed by atoms with Crippen molar-refractivity contribution in [3.05, 3.63) is 98.4 Å². The number of aromatic nitrogens is 3. The third kappa shape index (κ3) is 2.65. The summed E-state index contributed by atoms with van der Waals surface area (Å²) in [6, 6.07) is 20.6. The molecule has 0 fully saturated rings. The standard InChI is InChI=1S/C22H15BrN4OS/c23-14-6-3-5-13(11-14)21-18-19(15-7-1-2-8-16(15)28-21)26-22-24-12-25-27(22)20(18)17-9-4-10-29-17/h1-12,20-21H,(H,24,25,26)/t20-,21-/m1/s1. The summed E-state index contributed by atoms with van der Waals surface area (Å²) in [5.41, 5.74) is 4.33. The lowest BCUT2D eigenvalue weighted by Gasteiger charge is -2.38. The predicted molar refractivity (Wildman–Crippen MR) is 117 cm³/mol. The van der Waals surface area contributed by atoms with E-state index in [2.05, 4.69) is 67.0 Å².